The molecule has 3 aromatic heterocycles. The van der Waals surface area contributed by atoms with Crippen LogP contribution in [0.1, 0.15) is 26.6 Å². The number of carbonyl (C=O) groups excluding carboxylic acids is 1. The van der Waals surface area contributed by atoms with Crippen LogP contribution in [0.2, 0.25) is 0 Å². The van der Waals surface area contributed by atoms with Crippen LogP contribution in [0.15, 0.2) is 41.3 Å². The second-order valence-electron chi connectivity index (χ2n) is 6.80. The van der Waals surface area contributed by atoms with E-state index in [-0.39, 0.29) is 11.5 Å². The molecule has 0 spiro atoms. The van der Waals surface area contributed by atoms with Gasteiger partial charge in [0.25, 0.3) is 11.5 Å². The number of hydrogen-bond acceptors (Lipinski definition) is 7. The van der Waals surface area contributed by atoms with E-state index in [2.05, 4.69) is 20.4 Å². The number of aryl methyl sites for hydroxylation is 3. The van der Waals surface area contributed by atoms with E-state index < -0.39 is 0 Å². The Balaban J connectivity index is 1.63. The van der Waals surface area contributed by atoms with Crippen LogP contribution in [0.5, 0.6) is 0 Å². The SMILES string of the molecule is Cc1nc(-c2c(C)c(C)nn(C)c2=O)sc1C(=O)Nc1ncc(-c2ccccc2)s1. The van der Waals surface area contributed by atoms with Gasteiger partial charge in [-0.25, -0.2) is 14.6 Å². The third kappa shape index (κ3) is 3.69. The number of amides is 1. The Morgan fingerprint density at radius 2 is 1.80 bits per heavy atom. The lowest BCUT2D eigenvalue weighted by Crippen LogP contribution is -2.23. The lowest BCUT2D eigenvalue weighted by atomic mass is 10.1. The summed E-state index contributed by atoms with van der Waals surface area (Å²) in [5, 5.41) is 8.08. The van der Waals surface area contributed by atoms with Gasteiger partial charge in [-0.2, -0.15) is 5.10 Å². The molecule has 0 aliphatic carbocycles. The summed E-state index contributed by atoms with van der Waals surface area (Å²) < 4.78 is 1.30. The minimum absolute atomic E-state index is 0.230. The largest absolute Gasteiger partial charge is 0.297 e. The average Bonchev–Trinajstić information content (AvgIpc) is 3.34. The molecule has 152 valence electrons. The molecular weight excluding hydrogens is 418 g/mol. The first-order chi connectivity index (χ1) is 14.3. The van der Waals surface area contributed by atoms with E-state index >= 15 is 0 Å². The summed E-state index contributed by atoms with van der Waals surface area (Å²) in [6.07, 6.45) is 1.74. The van der Waals surface area contributed by atoms with Gasteiger partial charge in [-0.3, -0.25) is 14.9 Å². The second-order valence-corrected chi connectivity index (χ2v) is 8.83. The molecule has 0 unspecified atom stereocenters. The highest BCUT2D eigenvalue weighted by molar-refractivity contribution is 7.19. The zero-order valence-corrected chi connectivity index (χ0v) is 18.5. The quantitative estimate of drug-likeness (QED) is 0.517. The number of nitrogens with zero attached hydrogens (tertiary/aromatic N) is 4. The number of aromatic nitrogens is 4. The number of benzene rings is 1. The predicted octanol–water partition coefficient (Wildman–Crippen LogP) is 4.20. The number of carbonyl (C=O) groups is 1. The van der Waals surface area contributed by atoms with Crippen molar-refractivity contribution in [3.05, 3.63) is 68.7 Å². The van der Waals surface area contributed by atoms with Crippen LogP contribution in [-0.4, -0.2) is 25.7 Å². The maximum Gasteiger partial charge on any atom is 0.277 e. The van der Waals surface area contributed by atoms with Gasteiger partial charge in [-0.15, -0.1) is 11.3 Å². The van der Waals surface area contributed by atoms with Crippen molar-refractivity contribution < 1.29 is 4.79 Å². The zero-order chi connectivity index (χ0) is 21.4. The summed E-state index contributed by atoms with van der Waals surface area (Å²) in [5.74, 6) is -0.287. The lowest BCUT2D eigenvalue weighted by Gasteiger charge is -2.07. The van der Waals surface area contributed by atoms with Crippen molar-refractivity contribution in [3.63, 3.8) is 0 Å². The summed E-state index contributed by atoms with van der Waals surface area (Å²) in [6.45, 7) is 5.45. The van der Waals surface area contributed by atoms with Crippen molar-refractivity contribution in [1.82, 2.24) is 19.7 Å². The Morgan fingerprint density at radius 1 is 1.07 bits per heavy atom. The van der Waals surface area contributed by atoms with Crippen LogP contribution in [0, 0.1) is 20.8 Å². The standard InChI is InChI=1S/C21H19N5O2S2/c1-11-12(2)25-26(4)20(28)16(11)19-23-13(3)17(30-19)18(27)24-21-22-10-15(29-21)14-8-6-5-7-9-14/h5-10H,1-4H3,(H,22,24,27). The van der Waals surface area contributed by atoms with Gasteiger partial charge in [0.1, 0.15) is 9.88 Å². The van der Waals surface area contributed by atoms with E-state index in [0.717, 1.165) is 21.7 Å². The number of anilines is 1. The number of hydrogen-bond donors (Lipinski definition) is 1. The Labute approximate surface area is 181 Å². The Bertz CT molecular complexity index is 1300. The van der Waals surface area contributed by atoms with Gasteiger partial charge < -0.3 is 0 Å². The predicted molar refractivity (Wildman–Crippen MR) is 120 cm³/mol. The van der Waals surface area contributed by atoms with Gasteiger partial charge in [0.15, 0.2) is 5.13 Å². The highest BCUT2D eigenvalue weighted by atomic mass is 32.1. The molecule has 0 atom stereocenters. The third-order valence-corrected chi connectivity index (χ3v) is 6.86. The summed E-state index contributed by atoms with van der Waals surface area (Å²) >= 11 is 2.61. The van der Waals surface area contributed by atoms with Gasteiger partial charge in [-0.1, -0.05) is 41.7 Å². The molecule has 0 radical (unpaired) electrons. The smallest absolute Gasteiger partial charge is 0.277 e. The number of nitrogens with one attached hydrogen (secondary N) is 1. The van der Waals surface area contributed by atoms with Crippen molar-refractivity contribution in [1.29, 1.82) is 0 Å². The molecule has 0 saturated carbocycles. The van der Waals surface area contributed by atoms with Crippen molar-refractivity contribution >= 4 is 33.7 Å². The molecular formula is C21H19N5O2S2. The molecule has 0 aliphatic rings. The van der Waals surface area contributed by atoms with E-state index in [9.17, 15) is 9.59 Å². The summed E-state index contributed by atoms with van der Waals surface area (Å²) in [7, 11) is 1.61. The second kappa shape index (κ2) is 7.92. The summed E-state index contributed by atoms with van der Waals surface area (Å²) in [4.78, 5) is 35.7. The van der Waals surface area contributed by atoms with Gasteiger partial charge >= 0.3 is 0 Å². The minimum atomic E-state index is -0.287. The van der Waals surface area contributed by atoms with Gasteiger partial charge in [-0.05, 0) is 31.9 Å². The fourth-order valence-corrected chi connectivity index (χ4v) is 4.91. The summed E-state index contributed by atoms with van der Waals surface area (Å²) in [6, 6.07) is 9.87. The number of thiazole rings is 2. The normalized spacial score (nSPS) is 10.9. The molecule has 1 N–H and O–H groups in total. The molecule has 0 aliphatic heterocycles. The Morgan fingerprint density at radius 3 is 2.53 bits per heavy atom. The van der Waals surface area contributed by atoms with E-state index in [1.165, 1.54) is 27.4 Å². The minimum Gasteiger partial charge on any atom is -0.297 e. The van der Waals surface area contributed by atoms with Crippen LogP contribution < -0.4 is 10.9 Å². The maximum absolute atomic E-state index is 12.9. The van der Waals surface area contributed by atoms with E-state index in [1.54, 1.807) is 20.2 Å². The van der Waals surface area contributed by atoms with E-state index in [0.29, 0.717) is 26.3 Å². The Kier molecular flexibility index (Phi) is 5.31. The zero-order valence-electron chi connectivity index (χ0n) is 16.9. The molecule has 0 saturated heterocycles. The van der Waals surface area contributed by atoms with Gasteiger partial charge in [0.2, 0.25) is 0 Å². The first kappa shape index (κ1) is 20.1. The van der Waals surface area contributed by atoms with Crippen LogP contribution in [-0.2, 0) is 7.05 Å². The molecule has 1 aromatic carbocycles. The first-order valence-corrected chi connectivity index (χ1v) is 10.8. The highest BCUT2D eigenvalue weighted by Gasteiger charge is 2.21. The molecule has 4 rings (SSSR count). The average molecular weight is 438 g/mol. The monoisotopic (exact) mass is 437 g/mol. The molecule has 3 heterocycles. The topological polar surface area (TPSA) is 89.8 Å². The highest BCUT2D eigenvalue weighted by Crippen LogP contribution is 2.31. The maximum atomic E-state index is 12.9. The number of rotatable bonds is 4. The van der Waals surface area contributed by atoms with Crippen LogP contribution >= 0.6 is 22.7 Å². The molecule has 4 aromatic rings. The summed E-state index contributed by atoms with van der Waals surface area (Å²) in [5.41, 5.74) is 3.40. The third-order valence-electron chi connectivity index (χ3n) is 4.73. The van der Waals surface area contributed by atoms with Crippen LogP contribution in [0.4, 0.5) is 5.13 Å². The fraction of sp³-hybridized carbons (Fsp3) is 0.190. The van der Waals surface area contributed by atoms with Crippen LogP contribution in [0.25, 0.3) is 21.0 Å². The Hall–Kier alpha value is -3.17. The molecule has 9 heteroatoms. The van der Waals surface area contributed by atoms with E-state index in [1.807, 2.05) is 44.2 Å². The van der Waals surface area contributed by atoms with Crippen molar-refractivity contribution in [2.45, 2.75) is 20.8 Å². The molecule has 1 amide bonds. The lowest BCUT2D eigenvalue weighted by molar-refractivity contribution is 0.103. The fourth-order valence-electron chi connectivity index (χ4n) is 3.04. The first-order valence-electron chi connectivity index (χ1n) is 9.20. The van der Waals surface area contributed by atoms with Gasteiger partial charge in [0, 0.05) is 13.2 Å². The van der Waals surface area contributed by atoms with Gasteiger partial charge in [0.05, 0.1) is 21.8 Å². The molecule has 7 nitrogen and oxygen atoms in total. The van der Waals surface area contributed by atoms with Crippen molar-refractivity contribution in [2.75, 3.05) is 5.32 Å². The van der Waals surface area contributed by atoms with Crippen molar-refractivity contribution in [3.8, 4) is 21.0 Å². The van der Waals surface area contributed by atoms with E-state index in [4.69, 9.17) is 0 Å². The molecule has 30 heavy (non-hydrogen) atoms. The van der Waals surface area contributed by atoms with Crippen molar-refractivity contribution in [2.24, 2.45) is 7.05 Å². The van der Waals surface area contributed by atoms with Crippen LogP contribution in [0.3, 0.4) is 0 Å². The molecule has 0 fully saturated rings. The molecule has 0 bridgehead atoms.